The van der Waals surface area contributed by atoms with Crippen molar-refractivity contribution in [2.75, 3.05) is 13.1 Å². The van der Waals surface area contributed by atoms with Crippen molar-refractivity contribution in [2.45, 2.75) is 25.8 Å². The van der Waals surface area contributed by atoms with Crippen LogP contribution < -0.4 is 16.4 Å². The van der Waals surface area contributed by atoms with E-state index in [1.807, 2.05) is 0 Å². The predicted octanol–water partition coefficient (Wildman–Crippen LogP) is 0.186. The Morgan fingerprint density at radius 1 is 1.45 bits per heavy atom. The lowest BCUT2D eigenvalue weighted by molar-refractivity contribution is -0.121. The Bertz CT molecular complexity index is 467. The van der Waals surface area contributed by atoms with Crippen molar-refractivity contribution in [3.05, 3.63) is 29.6 Å². The fourth-order valence-corrected chi connectivity index (χ4v) is 2.26. The standard InChI is InChI=1S/C14H20N4O2/c15-14(20)12-3-1-11(8-17-12)9-18-13(19)4-2-10-5-6-16-7-10/h1,3,8,10,16H,2,4-7,9H2,(H2,15,20)(H,18,19). The fraction of sp³-hybridized carbons (Fsp3) is 0.500. The molecule has 2 heterocycles. The highest BCUT2D eigenvalue weighted by Gasteiger charge is 2.15. The SMILES string of the molecule is NC(=O)c1ccc(CNC(=O)CCC2CCNC2)cn1. The van der Waals surface area contributed by atoms with Crippen LogP contribution in [0.25, 0.3) is 0 Å². The number of primary amides is 1. The van der Waals surface area contributed by atoms with Gasteiger partial charge in [-0.3, -0.25) is 14.6 Å². The van der Waals surface area contributed by atoms with Crippen LogP contribution in [0.2, 0.25) is 0 Å². The minimum atomic E-state index is -0.550. The van der Waals surface area contributed by atoms with Gasteiger partial charge in [0.05, 0.1) is 0 Å². The summed E-state index contributed by atoms with van der Waals surface area (Å²) in [6, 6.07) is 3.31. The minimum absolute atomic E-state index is 0.0517. The number of nitrogens with zero attached hydrogens (tertiary/aromatic N) is 1. The zero-order chi connectivity index (χ0) is 14.4. The summed E-state index contributed by atoms with van der Waals surface area (Å²) in [5.74, 6) is 0.124. The van der Waals surface area contributed by atoms with Gasteiger partial charge in [-0.25, -0.2) is 0 Å². The summed E-state index contributed by atoms with van der Waals surface area (Å²) >= 11 is 0. The third kappa shape index (κ3) is 4.31. The lowest BCUT2D eigenvalue weighted by Crippen LogP contribution is -2.23. The van der Waals surface area contributed by atoms with E-state index in [1.165, 1.54) is 0 Å². The van der Waals surface area contributed by atoms with Crippen LogP contribution in [-0.4, -0.2) is 29.9 Å². The molecule has 1 aliphatic heterocycles. The molecule has 108 valence electrons. The first-order chi connectivity index (χ1) is 9.65. The van der Waals surface area contributed by atoms with Crippen LogP contribution >= 0.6 is 0 Å². The Labute approximate surface area is 118 Å². The van der Waals surface area contributed by atoms with Crippen LogP contribution in [0.5, 0.6) is 0 Å². The van der Waals surface area contributed by atoms with Gasteiger partial charge in [0, 0.05) is 19.2 Å². The summed E-state index contributed by atoms with van der Waals surface area (Å²) in [5, 5.41) is 6.15. The van der Waals surface area contributed by atoms with Gasteiger partial charge in [0.15, 0.2) is 0 Å². The third-order valence-corrected chi connectivity index (χ3v) is 3.51. The van der Waals surface area contributed by atoms with Gasteiger partial charge in [-0.15, -0.1) is 0 Å². The number of hydrogen-bond acceptors (Lipinski definition) is 4. The maximum atomic E-state index is 11.7. The fourth-order valence-electron chi connectivity index (χ4n) is 2.26. The number of hydrogen-bond donors (Lipinski definition) is 3. The minimum Gasteiger partial charge on any atom is -0.364 e. The van der Waals surface area contributed by atoms with Crippen molar-refractivity contribution in [1.29, 1.82) is 0 Å². The van der Waals surface area contributed by atoms with Gasteiger partial charge in [-0.1, -0.05) is 6.07 Å². The largest absolute Gasteiger partial charge is 0.364 e. The molecule has 1 aromatic heterocycles. The van der Waals surface area contributed by atoms with Gasteiger partial charge >= 0.3 is 0 Å². The predicted molar refractivity (Wildman–Crippen MR) is 74.8 cm³/mol. The molecule has 0 aromatic carbocycles. The number of pyridine rings is 1. The Balaban J connectivity index is 1.70. The molecule has 1 saturated heterocycles. The van der Waals surface area contributed by atoms with Crippen LogP contribution in [0.3, 0.4) is 0 Å². The van der Waals surface area contributed by atoms with E-state index in [1.54, 1.807) is 18.3 Å². The van der Waals surface area contributed by atoms with Crippen LogP contribution in [0.1, 0.15) is 35.3 Å². The molecule has 0 saturated carbocycles. The quantitative estimate of drug-likeness (QED) is 0.690. The molecule has 1 atom stereocenters. The maximum absolute atomic E-state index is 11.7. The van der Waals surface area contributed by atoms with Gasteiger partial charge < -0.3 is 16.4 Å². The molecule has 20 heavy (non-hydrogen) atoms. The molecule has 0 aliphatic carbocycles. The summed E-state index contributed by atoms with van der Waals surface area (Å²) in [5.41, 5.74) is 6.19. The maximum Gasteiger partial charge on any atom is 0.267 e. The number of carbonyl (C=O) groups is 2. The van der Waals surface area contributed by atoms with Gasteiger partial charge in [0.2, 0.25) is 5.91 Å². The summed E-state index contributed by atoms with van der Waals surface area (Å²) in [4.78, 5) is 26.5. The van der Waals surface area contributed by atoms with E-state index < -0.39 is 5.91 Å². The van der Waals surface area contributed by atoms with Gasteiger partial charge in [-0.2, -0.15) is 0 Å². The number of aromatic nitrogens is 1. The smallest absolute Gasteiger partial charge is 0.267 e. The van der Waals surface area contributed by atoms with Gasteiger partial charge in [-0.05, 0) is 43.5 Å². The summed E-state index contributed by atoms with van der Waals surface area (Å²) in [6.45, 7) is 2.50. The van der Waals surface area contributed by atoms with E-state index in [9.17, 15) is 9.59 Å². The van der Waals surface area contributed by atoms with E-state index >= 15 is 0 Å². The van der Waals surface area contributed by atoms with Crippen molar-refractivity contribution in [3.63, 3.8) is 0 Å². The molecule has 0 bridgehead atoms. The van der Waals surface area contributed by atoms with Crippen LogP contribution in [0, 0.1) is 5.92 Å². The van der Waals surface area contributed by atoms with Crippen LogP contribution in [0.15, 0.2) is 18.3 Å². The summed E-state index contributed by atoms with van der Waals surface area (Å²) in [7, 11) is 0. The lowest BCUT2D eigenvalue weighted by Gasteiger charge is -2.08. The topological polar surface area (TPSA) is 97.1 Å². The van der Waals surface area contributed by atoms with Gasteiger partial charge in [0.25, 0.3) is 5.91 Å². The monoisotopic (exact) mass is 276 g/mol. The molecule has 2 rings (SSSR count). The molecular weight excluding hydrogens is 256 g/mol. The molecule has 0 spiro atoms. The second-order valence-electron chi connectivity index (χ2n) is 5.09. The molecular formula is C14H20N4O2. The first-order valence-electron chi connectivity index (χ1n) is 6.87. The average molecular weight is 276 g/mol. The highest BCUT2D eigenvalue weighted by molar-refractivity contribution is 5.90. The van der Waals surface area contributed by atoms with E-state index in [0.29, 0.717) is 18.9 Å². The summed E-state index contributed by atoms with van der Waals surface area (Å²) in [6.07, 6.45) is 4.20. The molecule has 4 N–H and O–H groups in total. The number of rotatable bonds is 6. The van der Waals surface area contributed by atoms with Gasteiger partial charge in [0.1, 0.15) is 5.69 Å². The third-order valence-electron chi connectivity index (χ3n) is 3.51. The first-order valence-corrected chi connectivity index (χ1v) is 6.87. The highest BCUT2D eigenvalue weighted by atomic mass is 16.2. The highest BCUT2D eigenvalue weighted by Crippen LogP contribution is 2.14. The molecule has 1 unspecified atom stereocenters. The van der Waals surface area contributed by atoms with Crippen molar-refractivity contribution in [2.24, 2.45) is 11.7 Å². The number of nitrogens with one attached hydrogen (secondary N) is 2. The van der Waals surface area contributed by atoms with E-state index in [4.69, 9.17) is 5.73 Å². The average Bonchev–Trinajstić information content (AvgIpc) is 2.96. The zero-order valence-corrected chi connectivity index (χ0v) is 11.4. The number of amides is 2. The second kappa shape index (κ2) is 7.00. The molecule has 6 nitrogen and oxygen atoms in total. The second-order valence-corrected chi connectivity index (χ2v) is 5.09. The van der Waals surface area contributed by atoms with Crippen molar-refractivity contribution in [3.8, 4) is 0 Å². The molecule has 2 amide bonds. The summed E-state index contributed by atoms with van der Waals surface area (Å²) < 4.78 is 0. The number of nitrogens with two attached hydrogens (primary N) is 1. The number of carbonyl (C=O) groups excluding carboxylic acids is 2. The first kappa shape index (κ1) is 14.5. The van der Waals surface area contributed by atoms with Crippen molar-refractivity contribution < 1.29 is 9.59 Å². The van der Waals surface area contributed by atoms with Crippen molar-refractivity contribution >= 4 is 11.8 Å². The van der Waals surface area contributed by atoms with Crippen LogP contribution in [-0.2, 0) is 11.3 Å². The van der Waals surface area contributed by atoms with Crippen LogP contribution in [0.4, 0.5) is 0 Å². The normalized spacial score (nSPS) is 17.9. The molecule has 1 aromatic rings. The van der Waals surface area contributed by atoms with E-state index in [0.717, 1.165) is 31.5 Å². The Morgan fingerprint density at radius 3 is 2.90 bits per heavy atom. The van der Waals surface area contributed by atoms with E-state index in [-0.39, 0.29) is 11.6 Å². The lowest BCUT2D eigenvalue weighted by atomic mass is 10.0. The van der Waals surface area contributed by atoms with E-state index in [2.05, 4.69) is 15.6 Å². The molecule has 1 aliphatic rings. The zero-order valence-electron chi connectivity index (χ0n) is 11.4. The molecule has 6 heteroatoms. The molecule has 1 fully saturated rings. The van der Waals surface area contributed by atoms with Crippen molar-refractivity contribution in [1.82, 2.24) is 15.6 Å². The Hall–Kier alpha value is -1.95. The Kier molecular flexibility index (Phi) is 5.06. The molecule has 0 radical (unpaired) electrons. The Morgan fingerprint density at radius 2 is 2.30 bits per heavy atom.